The van der Waals surface area contributed by atoms with E-state index in [1.165, 1.54) is 0 Å². The van der Waals surface area contributed by atoms with Crippen LogP contribution >= 0.6 is 0 Å². The van der Waals surface area contributed by atoms with E-state index in [9.17, 15) is 9.59 Å². The quantitative estimate of drug-likeness (QED) is 0.645. The van der Waals surface area contributed by atoms with Crippen LogP contribution in [0.3, 0.4) is 0 Å². The first-order valence-corrected chi connectivity index (χ1v) is 9.72. The molecule has 2 amide bonds. The lowest BCUT2D eigenvalue weighted by Crippen LogP contribution is -2.46. The number of nitrogens with one attached hydrogen (secondary N) is 2. The summed E-state index contributed by atoms with van der Waals surface area (Å²) in [6.45, 7) is 6.33. The minimum absolute atomic E-state index is 0.0367. The summed E-state index contributed by atoms with van der Waals surface area (Å²) in [4.78, 5) is 30.8. The summed E-state index contributed by atoms with van der Waals surface area (Å²) in [5.74, 6) is -0.214. The molecule has 0 bridgehead atoms. The van der Waals surface area contributed by atoms with Crippen LogP contribution in [-0.4, -0.2) is 34.3 Å². The van der Waals surface area contributed by atoms with Crippen LogP contribution < -0.4 is 5.32 Å². The van der Waals surface area contributed by atoms with Gasteiger partial charge in [0.1, 0.15) is 6.04 Å². The highest BCUT2D eigenvalue weighted by atomic mass is 16.2. The van der Waals surface area contributed by atoms with Gasteiger partial charge in [0.2, 0.25) is 11.8 Å². The second-order valence-electron chi connectivity index (χ2n) is 7.07. The number of aromatic amines is 1. The van der Waals surface area contributed by atoms with Crippen molar-refractivity contribution in [2.24, 2.45) is 0 Å². The molecule has 146 valence electrons. The fourth-order valence-corrected chi connectivity index (χ4v) is 3.50. The van der Waals surface area contributed by atoms with Gasteiger partial charge in [-0.15, -0.1) is 0 Å². The number of nitrogens with zero attached hydrogens (tertiary/aromatic N) is 1. The first kappa shape index (κ1) is 19.7. The molecular formula is C23H27N3O2. The molecule has 0 spiro atoms. The van der Waals surface area contributed by atoms with E-state index >= 15 is 0 Å². The van der Waals surface area contributed by atoms with Gasteiger partial charge in [-0.2, -0.15) is 0 Å². The van der Waals surface area contributed by atoms with E-state index in [2.05, 4.69) is 10.3 Å². The molecule has 2 N–H and O–H groups in total. The van der Waals surface area contributed by atoms with E-state index in [4.69, 9.17) is 0 Å². The van der Waals surface area contributed by atoms with E-state index in [0.29, 0.717) is 6.54 Å². The number of carbonyl (C=O) groups is 2. The van der Waals surface area contributed by atoms with Gasteiger partial charge in [0.25, 0.3) is 0 Å². The first-order chi connectivity index (χ1) is 13.5. The summed E-state index contributed by atoms with van der Waals surface area (Å²) < 4.78 is 0. The summed E-state index contributed by atoms with van der Waals surface area (Å²) in [5.41, 5.74) is 3.75. The van der Waals surface area contributed by atoms with Crippen LogP contribution in [0.2, 0.25) is 0 Å². The Hall–Kier alpha value is -3.08. The van der Waals surface area contributed by atoms with Crippen LogP contribution in [0, 0.1) is 6.92 Å². The molecule has 28 heavy (non-hydrogen) atoms. The Morgan fingerprint density at radius 2 is 1.75 bits per heavy atom. The predicted octanol–water partition coefficient (Wildman–Crippen LogP) is 4.28. The number of para-hydroxylation sites is 2. The van der Waals surface area contributed by atoms with Crippen LogP contribution in [0.4, 0.5) is 5.69 Å². The molecule has 0 aliphatic carbocycles. The molecule has 0 aliphatic rings. The molecule has 2 aromatic carbocycles. The number of amides is 2. The van der Waals surface area contributed by atoms with E-state index in [-0.39, 0.29) is 18.2 Å². The van der Waals surface area contributed by atoms with Crippen molar-refractivity contribution in [3.8, 4) is 0 Å². The minimum Gasteiger partial charge on any atom is -0.358 e. The van der Waals surface area contributed by atoms with Crippen molar-refractivity contribution < 1.29 is 9.59 Å². The topological polar surface area (TPSA) is 65.2 Å². The summed E-state index contributed by atoms with van der Waals surface area (Å²) in [5, 5.41) is 3.96. The number of fused-ring (bicyclic) bond motifs is 1. The monoisotopic (exact) mass is 377 g/mol. The number of anilines is 1. The molecule has 5 heteroatoms. The van der Waals surface area contributed by atoms with Gasteiger partial charge in [0, 0.05) is 28.8 Å². The molecule has 1 heterocycles. The van der Waals surface area contributed by atoms with E-state index in [0.717, 1.165) is 34.3 Å². The fourth-order valence-electron chi connectivity index (χ4n) is 3.50. The molecule has 3 aromatic rings. The van der Waals surface area contributed by atoms with Crippen molar-refractivity contribution in [3.05, 3.63) is 65.9 Å². The number of hydrogen-bond donors (Lipinski definition) is 2. The van der Waals surface area contributed by atoms with Gasteiger partial charge in [-0.3, -0.25) is 9.59 Å². The van der Waals surface area contributed by atoms with Gasteiger partial charge in [-0.1, -0.05) is 43.3 Å². The Morgan fingerprint density at radius 1 is 1.07 bits per heavy atom. The third-order valence-electron chi connectivity index (χ3n) is 5.03. The lowest BCUT2D eigenvalue weighted by molar-refractivity contribution is -0.137. The largest absolute Gasteiger partial charge is 0.358 e. The van der Waals surface area contributed by atoms with Gasteiger partial charge < -0.3 is 15.2 Å². The van der Waals surface area contributed by atoms with Crippen molar-refractivity contribution in [3.63, 3.8) is 0 Å². The second-order valence-corrected chi connectivity index (χ2v) is 7.07. The Bertz CT molecular complexity index is 962. The smallest absolute Gasteiger partial charge is 0.246 e. The number of aryl methyl sites for hydroxylation is 1. The molecule has 3 rings (SSSR count). The number of rotatable bonds is 7. The minimum atomic E-state index is -0.543. The van der Waals surface area contributed by atoms with Crippen molar-refractivity contribution in [1.29, 1.82) is 0 Å². The Kier molecular flexibility index (Phi) is 6.14. The maximum atomic E-state index is 13.1. The lowest BCUT2D eigenvalue weighted by atomic mass is 10.1. The van der Waals surface area contributed by atoms with E-state index < -0.39 is 6.04 Å². The van der Waals surface area contributed by atoms with Crippen molar-refractivity contribution in [2.75, 3.05) is 11.9 Å². The number of hydrogen-bond acceptors (Lipinski definition) is 2. The third kappa shape index (κ3) is 4.25. The third-order valence-corrected chi connectivity index (χ3v) is 5.03. The highest BCUT2D eigenvalue weighted by Gasteiger charge is 2.26. The molecule has 0 saturated carbocycles. The second kappa shape index (κ2) is 8.74. The van der Waals surface area contributed by atoms with Crippen LogP contribution in [0.1, 0.15) is 31.5 Å². The summed E-state index contributed by atoms with van der Waals surface area (Å²) >= 11 is 0. The zero-order valence-corrected chi connectivity index (χ0v) is 16.7. The van der Waals surface area contributed by atoms with Crippen LogP contribution in [0.15, 0.2) is 54.6 Å². The normalized spacial score (nSPS) is 12.0. The number of aromatic nitrogens is 1. The average molecular weight is 377 g/mol. The molecule has 0 aliphatic heterocycles. The Labute approximate surface area is 165 Å². The molecule has 0 fully saturated rings. The Balaban J connectivity index is 1.77. The molecule has 0 radical (unpaired) electrons. The predicted molar refractivity (Wildman–Crippen MR) is 113 cm³/mol. The number of benzene rings is 2. The highest BCUT2D eigenvalue weighted by molar-refractivity contribution is 5.98. The molecule has 1 aromatic heterocycles. The molecule has 5 nitrogen and oxygen atoms in total. The van der Waals surface area contributed by atoms with Gasteiger partial charge >= 0.3 is 0 Å². The zero-order valence-electron chi connectivity index (χ0n) is 16.7. The lowest BCUT2D eigenvalue weighted by Gasteiger charge is -2.28. The number of carbonyl (C=O) groups excluding carboxylic acids is 2. The maximum absolute atomic E-state index is 13.1. The van der Waals surface area contributed by atoms with E-state index in [1.807, 2.05) is 68.4 Å². The van der Waals surface area contributed by atoms with Crippen molar-refractivity contribution in [2.45, 2.75) is 39.7 Å². The van der Waals surface area contributed by atoms with Crippen LogP contribution in [-0.2, 0) is 16.0 Å². The van der Waals surface area contributed by atoms with Crippen molar-refractivity contribution in [1.82, 2.24) is 9.88 Å². The standard InChI is InChI=1S/C23H27N3O2/c1-4-14-26(17(3)23(28)25-18-10-6-5-7-11-18)22(27)15-20-16(2)24-21-13-9-8-12-19(20)21/h5-13,17,24H,4,14-15H2,1-3H3,(H,25,28). The van der Waals surface area contributed by atoms with E-state index in [1.54, 1.807) is 11.8 Å². The van der Waals surface area contributed by atoms with Crippen molar-refractivity contribution >= 4 is 28.4 Å². The fraction of sp³-hybridized carbons (Fsp3) is 0.304. The van der Waals surface area contributed by atoms with Gasteiger partial charge in [0.05, 0.1) is 6.42 Å². The Morgan fingerprint density at radius 3 is 2.46 bits per heavy atom. The number of H-pyrrole nitrogens is 1. The molecular weight excluding hydrogens is 350 g/mol. The SMILES string of the molecule is CCCN(C(=O)Cc1c(C)[nH]c2ccccc12)C(C)C(=O)Nc1ccccc1. The average Bonchev–Trinajstić information content (AvgIpc) is 3.01. The summed E-state index contributed by atoms with van der Waals surface area (Å²) in [6.07, 6.45) is 1.07. The first-order valence-electron chi connectivity index (χ1n) is 9.72. The van der Waals surface area contributed by atoms with Crippen LogP contribution in [0.25, 0.3) is 10.9 Å². The van der Waals surface area contributed by atoms with Gasteiger partial charge in [-0.05, 0) is 44.0 Å². The zero-order chi connectivity index (χ0) is 20.1. The van der Waals surface area contributed by atoms with Gasteiger partial charge in [-0.25, -0.2) is 0 Å². The summed E-state index contributed by atoms with van der Waals surface area (Å²) in [6, 6.07) is 16.8. The van der Waals surface area contributed by atoms with Crippen LogP contribution in [0.5, 0.6) is 0 Å². The summed E-state index contributed by atoms with van der Waals surface area (Å²) in [7, 11) is 0. The maximum Gasteiger partial charge on any atom is 0.246 e. The molecule has 1 unspecified atom stereocenters. The molecule has 0 saturated heterocycles. The van der Waals surface area contributed by atoms with Gasteiger partial charge in [0.15, 0.2) is 0 Å². The molecule has 1 atom stereocenters. The highest BCUT2D eigenvalue weighted by Crippen LogP contribution is 2.23.